The third kappa shape index (κ3) is 4.31. The van der Waals surface area contributed by atoms with Crippen LogP contribution in [0.4, 0.5) is 0 Å². The number of carbonyl (C=O) groups is 1. The van der Waals surface area contributed by atoms with Gasteiger partial charge in [-0.15, -0.1) is 0 Å². The zero-order valence-electron chi connectivity index (χ0n) is 16.1. The van der Waals surface area contributed by atoms with Crippen molar-refractivity contribution in [1.29, 1.82) is 0 Å². The van der Waals surface area contributed by atoms with Crippen LogP contribution in [0.15, 0.2) is 48.2 Å². The number of rotatable bonds is 7. The Labute approximate surface area is 163 Å². The van der Waals surface area contributed by atoms with E-state index in [1.54, 1.807) is 26.7 Å². The SMILES string of the molecule is CC(C)(C)OC(=C=O)C(NOCc1cccc2c1Cc1ccccc1-2)C(=O)O. The number of ether oxygens (including phenoxy) is 1. The van der Waals surface area contributed by atoms with Gasteiger partial charge in [-0.1, -0.05) is 42.5 Å². The third-order valence-electron chi connectivity index (χ3n) is 4.40. The van der Waals surface area contributed by atoms with Crippen molar-refractivity contribution < 1.29 is 24.3 Å². The Morgan fingerprint density at radius 3 is 2.57 bits per heavy atom. The molecular formula is C22H23NO5. The maximum atomic E-state index is 11.5. The van der Waals surface area contributed by atoms with Gasteiger partial charge in [-0.25, -0.2) is 9.59 Å². The summed E-state index contributed by atoms with van der Waals surface area (Å²) >= 11 is 0. The number of carboxylic acid groups (broad SMARTS) is 1. The van der Waals surface area contributed by atoms with Crippen LogP contribution in [-0.4, -0.2) is 28.7 Å². The average molecular weight is 381 g/mol. The van der Waals surface area contributed by atoms with Gasteiger partial charge in [0.15, 0.2) is 12.0 Å². The number of aliphatic carboxylic acids is 1. The minimum absolute atomic E-state index is 0.155. The average Bonchev–Trinajstić information content (AvgIpc) is 3.02. The summed E-state index contributed by atoms with van der Waals surface area (Å²) in [4.78, 5) is 28.2. The molecule has 3 rings (SSSR count). The van der Waals surface area contributed by atoms with Gasteiger partial charge >= 0.3 is 5.97 Å². The van der Waals surface area contributed by atoms with Crippen molar-refractivity contribution in [1.82, 2.24) is 5.48 Å². The normalized spacial score (nSPS) is 13.2. The molecule has 2 aromatic rings. The second-order valence-electron chi connectivity index (χ2n) is 7.64. The second kappa shape index (κ2) is 7.98. The van der Waals surface area contributed by atoms with E-state index in [0.29, 0.717) is 0 Å². The fraction of sp³-hybridized carbons (Fsp3) is 0.318. The fourth-order valence-corrected chi connectivity index (χ4v) is 3.25. The van der Waals surface area contributed by atoms with E-state index < -0.39 is 17.6 Å². The van der Waals surface area contributed by atoms with Crippen LogP contribution in [0, 0.1) is 0 Å². The van der Waals surface area contributed by atoms with Crippen LogP contribution in [0.1, 0.15) is 37.5 Å². The van der Waals surface area contributed by atoms with E-state index in [2.05, 4.69) is 23.7 Å². The van der Waals surface area contributed by atoms with Crippen molar-refractivity contribution in [3.63, 3.8) is 0 Å². The number of hydrogen-bond donors (Lipinski definition) is 2. The summed E-state index contributed by atoms with van der Waals surface area (Å²) < 4.78 is 5.40. The first-order chi connectivity index (χ1) is 13.3. The summed E-state index contributed by atoms with van der Waals surface area (Å²) in [5.74, 6) is -0.0765. The summed E-state index contributed by atoms with van der Waals surface area (Å²) in [5.41, 5.74) is 7.45. The number of fused-ring (bicyclic) bond motifs is 3. The summed E-state index contributed by atoms with van der Waals surface area (Å²) in [6.07, 6.45) is 0.806. The molecule has 0 aromatic heterocycles. The standard InChI is InChI=1S/C22H23NO5/c1-22(2,3)28-19(12-24)20(21(25)26)23-27-13-15-8-6-10-17-16-9-5-4-7-14(16)11-18(15)17/h4-10,20,23H,11,13H2,1-3H3,(H,25,26). The Bertz CT molecular complexity index is 938. The van der Waals surface area contributed by atoms with Crippen molar-refractivity contribution in [3.05, 3.63) is 64.9 Å². The van der Waals surface area contributed by atoms with Gasteiger partial charge in [0, 0.05) is 0 Å². The van der Waals surface area contributed by atoms with Gasteiger partial charge in [0.2, 0.25) is 5.76 Å². The number of nitrogens with one attached hydrogen (secondary N) is 1. The lowest BCUT2D eigenvalue weighted by Crippen LogP contribution is -2.41. The van der Waals surface area contributed by atoms with Crippen LogP contribution in [-0.2, 0) is 32.2 Å². The number of hydrogen-bond acceptors (Lipinski definition) is 5. The first-order valence-corrected chi connectivity index (χ1v) is 9.03. The van der Waals surface area contributed by atoms with Gasteiger partial charge in [-0.05, 0) is 55.0 Å². The Kier molecular flexibility index (Phi) is 5.66. The summed E-state index contributed by atoms with van der Waals surface area (Å²) in [7, 11) is 0. The highest BCUT2D eigenvalue weighted by molar-refractivity contribution is 5.80. The fourth-order valence-electron chi connectivity index (χ4n) is 3.25. The van der Waals surface area contributed by atoms with Crippen molar-refractivity contribution in [2.75, 3.05) is 0 Å². The van der Waals surface area contributed by atoms with E-state index in [1.165, 1.54) is 11.1 Å². The molecule has 0 fully saturated rings. The molecule has 6 heteroatoms. The topological polar surface area (TPSA) is 84.9 Å². The summed E-state index contributed by atoms with van der Waals surface area (Å²) in [6.45, 7) is 5.31. The van der Waals surface area contributed by atoms with Crippen LogP contribution in [0.5, 0.6) is 0 Å². The van der Waals surface area contributed by atoms with Gasteiger partial charge < -0.3 is 9.84 Å². The molecule has 0 saturated carbocycles. The van der Waals surface area contributed by atoms with E-state index in [-0.39, 0.29) is 12.4 Å². The lowest BCUT2D eigenvalue weighted by molar-refractivity contribution is -0.145. The highest BCUT2D eigenvalue weighted by Crippen LogP contribution is 2.38. The molecular weight excluding hydrogens is 358 g/mol. The summed E-state index contributed by atoms with van der Waals surface area (Å²) in [5, 5.41) is 9.42. The molecule has 0 amide bonds. The molecule has 1 aliphatic carbocycles. The molecule has 1 unspecified atom stereocenters. The number of carboxylic acids is 1. The molecule has 0 spiro atoms. The number of hydroxylamine groups is 1. The van der Waals surface area contributed by atoms with Crippen LogP contribution in [0.25, 0.3) is 11.1 Å². The minimum atomic E-state index is -1.44. The highest BCUT2D eigenvalue weighted by Gasteiger charge is 2.29. The van der Waals surface area contributed by atoms with E-state index in [0.717, 1.165) is 23.1 Å². The molecule has 0 aliphatic heterocycles. The smallest absolute Gasteiger partial charge is 0.331 e. The lowest BCUT2D eigenvalue weighted by Gasteiger charge is -2.24. The first-order valence-electron chi connectivity index (χ1n) is 9.03. The number of carbonyl (C=O) groups excluding carboxylic acids is 1. The Morgan fingerprint density at radius 1 is 1.18 bits per heavy atom. The van der Waals surface area contributed by atoms with Gasteiger partial charge in [-0.3, -0.25) is 4.84 Å². The van der Waals surface area contributed by atoms with E-state index >= 15 is 0 Å². The Hall–Kier alpha value is -2.92. The van der Waals surface area contributed by atoms with E-state index in [9.17, 15) is 14.7 Å². The third-order valence-corrected chi connectivity index (χ3v) is 4.40. The predicted octanol–water partition coefficient (Wildman–Crippen LogP) is 3.26. The van der Waals surface area contributed by atoms with Gasteiger partial charge in [-0.2, -0.15) is 5.48 Å². The zero-order chi connectivity index (χ0) is 20.3. The molecule has 2 N–H and O–H groups in total. The Balaban J connectivity index is 1.71. The van der Waals surface area contributed by atoms with Crippen molar-refractivity contribution in [2.45, 2.75) is 45.4 Å². The molecule has 0 saturated heterocycles. The van der Waals surface area contributed by atoms with Gasteiger partial charge in [0.1, 0.15) is 5.60 Å². The summed E-state index contributed by atoms with van der Waals surface area (Å²) in [6, 6.07) is 12.8. The Morgan fingerprint density at radius 2 is 1.89 bits per heavy atom. The van der Waals surface area contributed by atoms with Crippen LogP contribution in [0.2, 0.25) is 0 Å². The van der Waals surface area contributed by atoms with Crippen LogP contribution in [0.3, 0.4) is 0 Å². The van der Waals surface area contributed by atoms with Crippen molar-refractivity contribution >= 4 is 11.9 Å². The second-order valence-corrected chi connectivity index (χ2v) is 7.64. The molecule has 1 atom stereocenters. The first kappa shape index (κ1) is 19.8. The molecule has 28 heavy (non-hydrogen) atoms. The predicted molar refractivity (Wildman–Crippen MR) is 104 cm³/mol. The lowest BCUT2D eigenvalue weighted by atomic mass is 10.0. The van der Waals surface area contributed by atoms with Crippen LogP contribution >= 0.6 is 0 Å². The van der Waals surface area contributed by atoms with Crippen LogP contribution < -0.4 is 5.48 Å². The molecule has 6 nitrogen and oxygen atoms in total. The molecule has 146 valence electrons. The van der Waals surface area contributed by atoms with E-state index in [1.807, 2.05) is 24.3 Å². The monoisotopic (exact) mass is 381 g/mol. The molecule has 0 radical (unpaired) electrons. The zero-order valence-corrected chi connectivity index (χ0v) is 16.1. The maximum Gasteiger partial charge on any atom is 0.331 e. The molecule has 1 aliphatic rings. The van der Waals surface area contributed by atoms with Gasteiger partial charge in [0.25, 0.3) is 0 Å². The highest BCUT2D eigenvalue weighted by atomic mass is 16.6. The largest absolute Gasteiger partial charge is 0.480 e. The quantitative estimate of drug-likeness (QED) is 0.371. The van der Waals surface area contributed by atoms with Crippen molar-refractivity contribution in [3.8, 4) is 11.1 Å². The van der Waals surface area contributed by atoms with E-state index in [4.69, 9.17) is 9.57 Å². The molecule has 0 heterocycles. The van der Waals surface area contributed by atoms with Gasteiger partial charge in [0.05, 0.1) is 6.61 Å². The van der Waals surface area contributed by atoms with Crippen molar-refractivity contribution in [2.24, 2.45) is 0 Å². The molecule has 2 aromatic carbocycles. The minimum Gasteiger partial charge on any atom is -0.480 e. The number of benzene rings is 2. The maximum absolute atomic E-state index is 11.5. The molecule has 0 bridgehead atoms.